The van der Waals surface area contributed by atoms with Crippen LogP contribution in [0.4, 0.5) is 9.59 Å². The highest BCUT2D eigenvalue weighted by Gasteiger charge is 2.40. The van der Waals surface area contributed by atoms with Crippen LogP contribution in [0.5, 0.6) is 0 Å². The van der Waals surface area contributed by atoms with Crippen LogP contribution < -0.4 is 21.3 Å². The van der Waals surface area contributed by atoms with Crippen LogP contribution in [0.2, 0.25) is 0 Å². The zero-order valence-electron chi connectivity index (χ0n) is 34.5. The van der Waals surface area contributed by atoms with Crippen molar-refractivity contribution in [2.75, 3.05) is 19.7 Å². The molecular weight excluding hydrogens is 755 g/mol. The number of likely N-dealkylation sites (tertiary alicyclic amines) is 1. The molecule has 3 aromatic rings. The van der Waals surface area contributed by atoms with Gasteiger partial charge < -0.3 is 40.7 Å². The minimum atomic E-state index is -1.18. The van der Waals surface area contributed by atoms with E-state index in [0.717, 1.165) is 27.8 Å². The van der Waals surface area contributed by atoms with Gasteiger partial charge in [-0.05, 0) is 86.6 Å². The van der Waals surface area contributed by atoms with Crippen LogP contribution in [0.25, 0.3) is 11.1 Å². The fraction of sp³-hybridized carbons (Fsp3) is 0.467. The van der Waals surface area contributed by atoms with Crippen LogP contribution in [0, 0.1) is 5.92 Å². The number of ether oxygens (including phenoxy) is 2. The van der Waals surface area contributed by atoms with Crippen molar-refractivity contribution in [3.05, 3.63) is 95.6 Å². The minimum Gasteiger partial charge on any atom is -0.480 e. The summed E-state index contributed by atoms with van der Waals surface area (Å²) in [6.07, 6.45) is 0.540. The van der Waals surface area contributed by atoms with Gasteiger partial charge in [0.15, 0.2) is 0 Å². The molecular formula is C45H57N5O9. The van der Waals surface area contributed by atoms with Gasteiger partial charge in [-0.3, -0.25) is 14.4 Å². The molecule has 316 valence electrons. The van der Waals surface area contributed by atoms with E-state index in [1.165, 1.54) is 4.90 Å². The van der Waals surface area contributed by atoms with Gasteiger partial charge in [0.2, 0.25) is 17.7 Å². The molecule has 5 amide bonds. The first kappa shape index (κ1) is 44.2. The zero-order chi connectivity index (χ0) is 42.7. The minimum absolute atomic E-state index is 0.0871. The summed E-state index contributed by atoms with van der Waals surface area (Å²) >= 11 is 0. The molecule has 14 nitrogen and oxygen atoms in total. The smallest absolute Gasteiger partial charge is 0.408 e. The monoisotopic (exact) mass is 811 g/mol. The van der Waals surface area contributed by atoms with Crippen molar-refractivity contribution < 1.29 is 43.3 Å². The van der Waals surface area contributed by atoms with Gasteiger partial charge in [0, 0.05) is 25.4 Å². The van der Waals surface area contributed by atoms with Gasteiger partial charge in [-0.2, -0.15) is 0 Å². The van der Waals surface area contributed by atoms with Gasteiger partial charge in [0.25, 0.3) is 0 Å². The molecule has 5 N–H and O–H groups in total. The lowest BCUT2D eigenvalue weighted by Crippen LogP contribution is -2.58. The van der Waals surface area contributed by atoms with Crippen molar-refractivity contribution in [2.24, 2.45) is 5.92 Å². The first-order valence-electron chi connectivity index (χ1n) is 20.4. The largest absolute Gasteiger partial charge is 0.480 e. The summed E-state index contributed by atoms with van der Waals surface area (Å²) in [6.45, 7) is 9.12. The van der Waals surface area contributed by atoms with Crippen molar-refractivity contribution in [1.29, 1.82) is 0 Å². The fourth-order valence-corrected chi connectivity index (χ4v) is 7.62. The van der Waals surface area contributed by atoms with Crippen LogP contribution >= 0.6 is 0 Å². The maximum absolute atomic E-state index is 14.3. The molecule has 5 rings (SSSR count). The highest BCUT2D eigenvalue weighted by atomic mass is 16.6. The second-order valence-electron chi connectivity index (χ2n) is 16.5. The standard InChI is InChI=1S/C45H57N5O9/c1-28(2)38(42(54)55)49-40(52)37-23-15-25-50(37)41(53)35(47-39(51)36(26-29-16-7-6-8-17-29)48-44(57)59-45(3,4)5)22-13-14-24-46-43(56)58-27-34-32-20-11-9-18-30(32)31-19-10-12-21-33(31)34/h6-12,16-21,28,34-38H,13-15,22-27H2,1-5H3,(H,46,56)(H,47,51)(H,48,57)(H,49,52)(H,54,55)/t35-,36-,37-,38-/m0/s1. The summed E-state index contributed by atoms with van der Waals surface area (Å²) < 4.78 is 11.1. The molecule has 0 radical (unpaired) electrons. The molecule has 0 saturated carbocycles. The van der Waals surface area contributed by atoms with Crippen LogP contribution in [-0.4, -0.2) is 95.3 Å². The predicted molar refractivity (Wildman–Crippen MR) is 221 cm³/mol. The molecule has 0 spiro atoms. The van der Waals surface area contributed by atoms with E-state index in [2.05, 4.69) is 33.4 Å². The molecule has 1 aliphatic heterocycles. The number of carboxylic acids is 1. The molecule has 1 saturated heterocycles. The van der Waals surface area contributed by atoms with E-state index in [-0.39, 0.29) is 38.5 Å². The van der Waals surface area contributed by atoms with Crippen molar-refractivity contribution in [3.63, 3.8) is 0 Å². The van der Waals surface area contributed by atoms with Crippen molar-refractivity contribution >= 4 is 35.9 Å². The molecule has 1 fully saturated rings. The molecule has 0 aromatic heterocycles. The Hall–Kier alpha value is -5.92. The Labute approximate surface area is 345 Å². The number of aliphatic carboxylic acids is 1. The van der Waals surface area contributed by atoms with Gasteiger partial charge in [-0.15, -0.1) is 0 Å². The Kier molecular flexibility index (Phi) is 15.1. The maximum Gasteiger partial charge on any atom is 0.408 e. The summed E-state index contributed by atoms with van der Waals surface area (Å²) in [4.78, 5) is 80.8. The Bertz CT molecular complexity index is 1920. The van der Waals surface area contributed by atoms with Gasteiger partial charge in [-0.1, -0.05) is 92.7 Å². The molecule has 59 heavy (non-hydrogen) atoms. The summed E-state index contributed by atoms with van der Waals surface area (Å²) in [5.41, 5.74) is 4.39. The molecule has 0 unspecified atom stereocenters. The second-order valence-corrected chi connectivity index (χ2v) is 16.5. The number of rotatable bonds is 17. The Morgan fingerprint density at radius 3 is 2.03 bits per heavy atom. The zero-order valence-corrected chi connectivity index (χ0v) is 34.5. The number of unbranched alkanes of at least 4 members (excludes halogenated alkanes) is 1. The van der Waals surface area contributed by atoms with Crippen LogP contribution in [-0.2, 0) is 35.1 Å². The molecule has 4 atom stereocenters. The summed E-state index contributed by atoms with van der Waals surface area (Å²) in [5.74, 6) is -3.37. The lowest BCUT2D eigenvalue weighted by molar-refractivity contribution is -0.145. The van der Waals surface area contributed by atoms with Crippen LogP contribution in [0.3, 0.4) is 0 Å². The average Bonchev–Trinajstić information content (AvgIpc) is 3.81. The normalized spacial score (nSPS) is 16.2. The third-order valence-corrected chi connectivity index (χ3v) is 10.5. The molecule has 14 heteroatoms. The van der Waals surface area contributed by atoms with Gasteiger partial charge in [-0.25, -0.2) is 14.4 Å². The van der Waals surface area contributed by atoms with Crippen molar-refractivity contribution in [3.8, 4) is 11.1 Å². The van der Waals surface area contributed by atoms with Gasteiger partial charge in [0.1, 0.15) is 36.4 Å². The number of alkyl carbamates (subject to hydrolysis) is 2. The predicted octanol–water partition coefficient (Wildman–Crippen LogP) is 5.53. The number of nitrogens with one attached hydrogen (secondary N) is 4. The number of carboxylic acid groups (broad SMARTS) is 1. The van der Waals surface area contributed by atoms with E-state index in [4.69, 9.17) is 9.47 Å². The highest BCUT2D eigenvalue weighted by molar-refractivity contribution is 5.95. The number of hydrogen-bond acceptors (Lipinski definition) is 8. The maximum atomic E-state index is 14.3. The Balaban J connectivity index is 1.24. The molecule has 1 aliphatic carbocycles. The third-order valence-electron chi connectivity index (χ3n) is 10.5. The summed E-state index contributed by atoms with van der Waals surface area (Å²) in [7, 11) is 0. The van der Waals surface area contributed by atoms with E-state index in [9.17, 15) is 33.9 Å². The fourth-order valence-electron chi connectivity index (χ4n) is 7.62. The molecule has 3 aromatic carbocycles. The van der Waals surface area contributed by atoms with Crippen LogP contribution in [0.1, 0.15) is 89.3 Å². The van der Waals surface area contributed by atoms with Crippen molar-refractivity contribution in [1.82, 2.24) is 26.2 Å². The van der Waals surface area contributed by atoms with E-state index < -0.39 is 71.6 Å². The average molecular weight is 812 g/mol. The lowest BCUT2D eigenvalue weighted by atomic mass is 9.98. The van der Waals surface area contributed by atoms with E-state index in [0.29, 0.717) is 25.7 Å². The number of benzene rings is 3. The SMILES string of the molecule is CC(C)[C@H](NC(=O)[C@@H]1CCCN1C(=O)[C@H](CCCCNC(=O)OCC1c2ccccc2-c2ccccc21)NC(=O)[C@H](Cc1ccccc1)NC(=O)OC(C)(C)C)C(=O)O. The van der Waals surface area contributed by atoms with E-state index in [1.807, 2.05) is 66.7 Å². The quantitative estimate of drug-likeness (QED) is 0.109. The molecule has 0 bridgehead atoms. The number of carbonyl (C=O) groups excluding carboxylic acids is 5. The lowest BCUT2D eigenvalue weighted by Gasteiger charge is -2.31. The van der Waals surface area contributed by atoms with Crippen molar-refractivity contribution in [2.45, 2.75) is 109 Å². The van der Waals surface area contributed by atoms with Crippen LogP contribution in [0.15, 0.2) is 78.9 Å². The topological polar surface area (TPSA) is 192 Å². The summed E-state index contributed by atoms with van der Waals surface area (Å²) in [6, 6.07) is 20.9. The number of hydrogen-bond donors (Lipinski definition) is 5. The highest BCUT2D eigenvalue weighted by Crippen LogP contribution is 2.44. The third kappa shape index (κ3) is 12.1. The Morgan fingerprint density at radius 2 is 1.42 bits per heavy atom. The first-order chi connectivity index (χ1) is 28.1. The molecule has 1 heterocycles. The Morgan fingerprint density at radius 1 is 0.797 bits per heavy atom. The second kappa shape index (κ2) is 20.2. The van der Waals surface area contributed by atoms with Gasteiger partial charge >= 0.3 is 18.2 Å². The molecule has 2 aliphatic rings. The number of fused-ring (bicyclic) bond motifs is 3. The summed E-state index contributed by atoms with van der Waals surface area (Å²) in [5, 5.41) is 20.6. The van der Waals surface area contributed by atoms with E-state index >= 15 is 0 Å². The van der Waals surface area contributed by atoms with E-state index in [1.54, 1.807) is 34.6 Å². The first-order valence-corrected chi connectivity index (χ1v) is 20.4. The number of amides is 5. The van der Waals surface area contributed by atoms with Gasteiger partial charge in [0.05, 0.1) is 0 Å². The number of nitrogens with zero attached hydrogens (tertiary/aromatic N) is 1. The number of carbonyl (C=O) groups is 6.